The van der Waals surface area contributed by atoms with Crippen LogP contribution >= 0.6 is 27.7 Å². The Morgan fingerprint density at radius 1 is 1.43 bits per heavy atom. The van der Waals surface area contributed by atoms with Crippen molar-refractivity contribution in [2.75, 3.05) is 5.75 Å². The number of thioether (sulfide) groups is 1. The molecule has 1 aromatic heterocycles. The Morgan fingerprint density at radius 3 is 2.71 bits per heavy atom. The first-order valence-corrected chi connectivity index (χ1v) is 8.24. The molecule has 1 aromatic carbocycles. The van der Waals surface area contributed by atoms with E-state index in [2.05, 4.69) is 26.1 Å². The number of hydrogen-bond donors (Lipinski definition) is 1. The topological polar surface area (TPSA) is 68.0 Å². The van der Waals surface area contributed by atoms with Gasteiger partial charge in [-0.25, -0.2) is 0 Å². The lowest BCUT2D eigenvalue weighted by molar-refractivity contribution is -0.133. The SMILES string of the molecule is Cc1ccc(-c2nnc(SCC(=O)O)n2C(C)C)cc1Br. The number of carbonyl (C=O) groups is 1. The third kappa shape index (κ3) is 3.65. The van der Waals surface area contributed by atoms with E-state index in [-0.39, 0.29) is 11.8 Å². The third-order valence-corrected chi connectivity index (χ3v) is 4.72. The number of aryl methyl sites for hydroxylation is 1. The van der Waals surface area contributed by atoms with Crippen LogP contribution in [0.15, 0.2) is 27.8 Å². The number of aliphatic carboxylic acids is 1. The first-order valence-electron chi connectivity index (χ1n) is 6.46. The van der Waals surface area contributed by atoms with Crippen molar-refractivity contribution in [1.82, 2.24) is 14.8 Å². The lowest BCUT2D eigenvalue weighted by Crippen LogP contribution is -2.07. The quantitative estimate of drug-likeness (QED) is 0.812. The maximum atomic E-state index is 10.7. The van der Waals surface area contributed by atoms with Crippen LogP contribution < -0.4 is 0 Å². The zero-order valence-electron chi connectivity index (χ0n) is 12.0. The van der Waals surface area contributed by atoms with Gasteiger partial charge in [0.15, 0.2) is 11.0 Å². The lowest BCUT2D eigenvalue weighted by Gasteiger charge is -2.13. The summed E-state index contributed by atoms with van der Waals surface area (Å²) in [5, 5.41) is 17.8. The molecule has 21 heavy (non-hydrogen) atoms. The van der Waals surface area contributed by atoms with E-state index in [0.717, 1.165) is 21.4 Å². The molecular formula is C14H16BrN3O2S. The number of rotatable bonds is 5. The summed E-state index contributed by atoms with van der Waals surface area (Å²) >= 11 is 4.71. The molecule has 0 fully saturated rings. The predicted molar refractivity (Wildman–Crippen MR) is 86.6 cm³/mol. The van der Waals surface area contributed by atoms with E-state index in [9.17, 15) is 4.79 Å². The van der Waals surface area contributed by atoms with Crippen LogP contribution in [0.2, 0.25) is 0 Å². The molecule has 2 rings (SSSR count). The minimum Gasteiger partial charge on any atom is -0.481 e. The van der Waals surface area contributed by atoms with Crippen LogP contribution in [0.3, 0.4) is 0 Å². The van der Waals surface area contributed by atoms with Crippen LogP contribution in [-0.4, -0.2) is 31.6 Å². The maximum absolute atomic E-state index is 10.7. The molecular weight excluding hydrogens is 354 g/mol. The summed E-state index contributed by atoms with van der Waals surface area (Å²) < 4.78 is 2.98. The molecule has 0 amide bonds. The average Bonchev–Trinajstić information content (AvgIpc) is 2.83. The van der Waals surface area contributed by atoms with Gasteiger partial charge in [0.1, 0.15) is 0 Å². The third-order valence-electron chi connectivity index (χ3n) is 2.94. The molecule has 0 aliphatic carbocycles. The van der Waals surface area contributed by atoms with Gasteiger partial charge in [-0.1, -0.05) is 39.8 Å². The van der Waals surface area contributed by atoms with Crippen LogP contribution in [0, 0.1) is 6.92 Å². The fraction of sp³-hybridized carbons (Fsp3) is 0.357. The maximum Gasteiger partial charge on any atom is 0.313 e. The van der Waals surface area contributed by atoms with Gasteiger partial charge in [0.25, 0.3) is 0 Å². The molecule has 1 N–H and O–H groups in total. The highest BCUT2D eigenvalue weighted by Gasteiger charge is 2.18. The van der Waals surface area contributed by atoms with Gasteiger partial charge in [0, 0.05) is 16.1 Å². The lowest BCUT2D eigenvalue weighted by atomic mass is 10.1. The van der Waals surface area contributed by atoms with Crippen molar-refractivity contribution in [3.63, 3.8) is 0 Å². The van der Waals surface area contributed by atoms with E-state index in [1.807, 2.05) is 43.5 Å². The zero-order valence-corrected chi connectivity index (χ0v) is 14.4. The molecule has 0 radical (unpaired) electrons. The number of nitrogens with zero attached hydrogens (tertiary/aromatic N) is 3. The summed E-state index contributed by atoms with van der Waals surface area (Å²) in [4.78, 5) is 10.7. The summed E-state index contributed by atoms with van der Waals surface area (Å²) in [7, 11) is 0. The summed E-state index contributed by atoms with van der Waals surface area (Å²) in [6.45, 7) is 6.08. The van der Waals surface area contributed by atoms with E-state index in [1.165, 1.54) is 11.8 Å². The molecule has 112 valence electrons. The normalized spacial score (nSPS) is 11.1. The van der Waals surface area contributed by atoms with Crippen molar-refractivity contribution >= 4 is 33.7 Å². The van der Waals surface area contributed by atoms with Crippen LogP contribution in [-0.2, 0) is 4.79 Å². The molecule has 0 saturated heterocycles. The highest BCUT2D eigenvalue weighted by molar-refractivity contribution is 9.10. The van der Waals surface area contributed by atoms with Crippen molar-refractivity contribution in [2.45, 2.75) is 32.0 Å². The second kappa shape index (κ2) is 6.62. The molecule has 7 heteroatoms. The predicted octanol–water partition coefficient (Wildman–Crippen LogP) is 3.77. The Kier molecular flexibility index (Phi) is 5.05. The summed E-state index contributed by atoms with van der Waals surface area (Å²) in [5.41, 5.74) is 2.10. The fourth-order valence-electron chi connectivity index (χ4n) is 1.90. The molecule has 0 bridgehead atoms. The van der Waals surface area contributed by atoms with Gasteiger partial charge >= 0.3 is 5.97 Å². The van der Waals surface area contributed by atoms with Gasteiger partial charge in [-0.2, -0.15) is 0 Å². The minimum atomic E-state index is -0.863. The number of benzene rings is 1. The largest absolute Gasteiger partial charge is 0.481 e. The van der Waals surface area contributed by atoms with E-state index in [0.29, 0.717) is 5.16 Å². The van der Waals surface area contributed by atoms with Crippen molar-refractivity contribution in [3.8, 4) is 11.4 Å². The summed E-state index contributed by atoms with van der Waals surface area (Å²) in [6.07, 6.45) is 0. The molecule has 0 spiro atoms. The smallest absolute Gasteiger partial charge is 0.313 e. The van der Waals surface area contributed by atoms with Crippen LogP contribution in [0.5, 0.6) is 0 Å². The number of carboxylic acids is 1. The second-order valence-electron chi connectivity index (χ2n) is 4.92. The van der Waals surface area contributed by atoms with Gasteiger partial charge in [0.2, 0.25) is 0 Å². The first-order chi connectivity index (χ1) is 9.90. The van der Waals surface area contributed by atoms with Gasteiger partial charge in [-0.15, -0.1) is 10.2 Å². The Morgan fingerprint density at radius 2 is 2.14 bits per heavy atom. The highest BCUT2D eigenvalue weighted by Crippen LogP contribution is 2.30. The molecule has 0 aliphatic rings. The molecule has 0 unspecified atom stereocenters. The molecule has 5 nitrogen and oxygen atoms in total. The number of hydrogen-bond acceptors (Lipinski definition) is 4. The Labute approximate surface area is 135 Å². The number of aromatic nitrogens is 3. The van der Waals surface area contributed by atoms with E-state index in [1.54, 1.807) is 0 Å². The van der Waals surface area contributed by atoms with E-state index < -0.39 is 5.97 Å². The number of carboxylic acid groups (broad SMARTS) is 1. The minimum absolute atomic E-state index is 0.0254. The average molecular weight is 370 g/mol. The number of halogens is 1. The molecule has 2 aromatic rings. The second-order valence-corrected chi connectivity index (χ2v) is 6.71. The van der Waals surface area contributed by atoms with E-state index >= 15 is 0 Å². The monoisotopic (exact) mass is 369 g/mol. The van der Waals surface area contributed by atoms with Gasteiger partial charge in [-0.05, 0) is 32.4 Å². The molecule has 0 aliphatic heterocycles. The fourth-order valence-corrected chi connectivity index (χ4v) is 3.06. The van der Waals surface area contributed by atoms with Crippen molar-refractivity contribution < 1.29 is 9.90 Å². The summed E-state index contributed by atoms with van der Waals surface area (Å²) in [6, 6.07) is 6.16. The van der Waals surface area contributed by atoms with Crippen molar-refractivity contribution in [2.24, 2.45) is 0 Å². The Balaban J connectivity index is 2.43. The molecule has 0 saturated carbocycles. The van der Waals surface area contributed by atoms with E-state index in [4.69, 9.17) is 5.11 Å². The highest BCUT2D eigenvalue weighted by atomic mass is 79.9. The van der Waals surface area contributed by atoms with Crippen LogP contribution in [0.1, 0.15) is 25.5 Å². The Hall–Kier alpha value is -1.34. The Bertz CT molecular complexity index is 670. The zero-order chi connectivity index (χ0) is 15.6. The van der Waals surface area contributed by atoms with Gasteiger partial charge < -0.3 is 5.11 Å². The van der Waals surface area contributed by atoms with Crippen LogP contribution in [0.4, 0.5) is 0 Å². The van der Waals surface area contributed by atoms with Crippen molar-refractivity contribution in [3.05, 3.63) is 28.2 Å². The summed E-state index contributed by atoms with van der Waals surface area (Å²) in [5.74, 6) is -0.140. The standard InChI is InChI=1S/C14H16BrN3O2S/c1-8(2)18-13(10-5-4-9(3)11(15)6-10)16-17-14(18)21-7-12(19)20/h4-6,8H,7H2,1-3H3,(H,19,20). The first kappa shape index (κ1) is 16.0. The molecule has 0 atom stereocenters. The molecule has 1 heterocycles. The van der Waals surface area contributed by atoms with Crippen LogP contribution in [0.25, 0.3) is 11.4 Å². The van der Waals surface area contributed by atoms with Gasteiger partial charge in [-0.3, -0.25) is 9.36 Å². The van der Waals surface area contributed by atoms with Gasteiger partial charge in [0.05, 0.1) is 5.75 Å². The van der Waals surface area contributed by atoms with Crippen molar-refractivity contribution in [1.29, 1.82) is 0 Å².